The fourth-order valence-electron chi connectivity index (χ4n) is 2.73. The second-order valence-electron chi connectivity index (χ2n) is 6.50. The molecule has 0 radical (unpaired) electrons. The van der Waals surface area contributed by atoms with Gasteiger partial charge in [-0.15, -0.1) is 0 Å². The van der Waals surface area contributed by atoms with Crippen molar-refractivity contribution >= 4 is 21.6 Å². The van der Waals surface area contributed by atoms with E-state index >= 15 is 0 Å². The van der Waals surface area contributed by atoms with Crippen LogP contribution in [-0.4, -0.2) is 14.3 Å². The van der Waals surface area contributed by atoms with Gasteiger partial charge in [-0.1, -0.05) is 6.07 Å². The van der Waals surface area contributed by atoms with Crippen LogP contribution in [0.15, 0.2) is 71.6 Å². The lowest BCUT2D eigenvalue weighted by Gasteiger charge is -2.15. The Kier molecular flexibility index (Phi) is 6.12. The third-order valence-corrected chi connectivity index (χ3v) is 5.70. The molecule has 0 saturated heterocycles. The molecule has 0 unspecified atom stereocenters. The van der Waals surface area contributed by atoms with Crippen molar-refractivity contribution in [2.75, 3.05) is 4.72 Å². The summed E-state index contributed by atoms with van der Waals surface area (Å²) < 4.78 is 66.8. The van der Waals surface area contributed by atoms with Gasteiger partial charge in [0.25, 0.3) is 15.9 Å². The normalized spacial score (nSPS) is 12.3. The minimum Gasteiger partial charge on any atom is -0.345 e. The van der Waals surface area contributed by atoms with Crippen molar-refractivity contribution in [3.8, 4) is 0 Å². The summed E-state index contributed by atoms with van der Waals surface area (Å²) in [6.45, 7) is 1.55. The number of halogens is 3. The Morgan fingerprint density at radius 2 is 1.47 bits per heavy atom. The zero-order chi connectivity index (χ0) is 21.9. The van der Waals surface area contributed by atoms with Crippen LogP contribution in [0.25, 0.3) is 0 Å². The molecule has 0 bridgehead atoms. The second-order valence-corrected chi connectivity index (χ2v) is 8.18. The highest BCUT2D eigenvalue weighted by atomic mass is 32.2. The zero-order valence-corrected chi connectivity index (χ0v) is 16.5. The van der Waals surface area contributed by atoms with Crippen LogP contribution in [-0.2, 0) is 10.0 Å². The minimum absolute atomic E-state index is 0.110. The number of nitrogens with one attached hydrogen (secondary N) is 2. The third-order valence-electron chi connectivity index (χ3n) is 4.30. The average molecular weight is 434 g/mol. The van der Waals surface area contributed by atoms with Crippen LogP contribution >= 0.6 is 0 Å². The first-order chi connectivity index (χ1) is 14.2. The second kappa shape index (κ2) is 8.58. The number of hydrogen-bond donors (Lipinski definition) is 2. The van der Waals surface area contributed by atoms with Gasteiger partial charge in [-0.3, -0.25) is 9.52 Å². The van der Waals surface area contributed by atoms with Crippen LogP contribution < -0.4 is 10.0 Å². The van der Waals surface area contributed by atoms with E-state index in [1.54, 1.807) is 6.92 Å². The van der Waals surface area contributed by atoms with Crippen LogP contribution in [0.4, 0.5) is 18.9 Å². The number of rotatable bonds is 6. The molecule has 0 aliphatic rings. The van der Waals surface area contributed by atoms with Crippen LogP contribution in [0.2, 0.25) is 0 Å². The van der Waals surface area contributed by atoms with Gasteiger partial charge in [0.2, 0.25) is 0 Å². The number of carbonyl (C=O) groups excluding carboxylic acids is 1. The van der Waals surface area contributed by atoms with Gasteiger partial charge in [0, 0.05) is 22.9 Å². The number of amides is 1. The molecule has 3 rings (SSSR count). The highest BCUT2D eigenvalue weighted by Crippen LogP contribution is 2.20. The van der Waals surface area contributed by atoms with Crippen LogP contribution in [0.1, 0.15) is 28.9 Å². The minimum atomic E-state index is -3.92. The number of sulfonamides is 1. The lowest BCUT2D eigenvalue weighted by molar-refractivity contribution is 0.0939. The Bertz CT molecular complexity index is 1170. The fraction of sp³-hybridized carbons (Fsp3) is 0.0952. The summed E-state index contributed by atoms with van der Waals surface area (Å²) in [6, 6.07) is 12.3. The summed E-state index contributed by atoms with van der Waals surface area (Å²) in [5.74, 6) is -2.56. The molecule has 0 saturated carbocycles. The van der Waals surface area contributed by atoms with Gasteiger partial charge < -0.3 is 5.32 Å². The molecule has 3 aromatic rings. The van der Waals surface area contributed by atoms with E-state index in [9.17, 15) is 26.4 Å². The molecule has 30 heavy (non-hydrogen) atoms. The molecular formula is C21H17F3N2O3S. The molecule has 9 heteroatoms. The maximum absolute atomic E-state index is 13.8. The van der Waals surface area contributed by atoms with Crippen molar-refractivity contribution in [3.05, 3.63) is 95.3 Å². The van der Waals surface area contributed by atoms with E-state index in [0.29, 0.717) is 0 Å². The zero-order valence-electron chi connectivity index (χ0n) is 15.7. The van der Waals surface area contributed by atoms with E-state index < -0.39 is 39.4 Å². The molecule has 2 N–H and O–H groups in total. The molecule has 0 aliphatic carbocycles. The molecule has 0 spiro atoms. The summed E-state index contributed by atoms with van der Waals surface area (Å²) in [4.78, 5) is 12.3. The van der Waals surface area contributed by atoms with Gasteiger partial charge in [0.15, 0.2) is 0 Å². The quantitative estimate of drug-likeness (QED) is 0.604. The smallest absolute Gasteiger partial charge is 0.261 e. The highest BCUT2D eigenvalue weighted by molar-refractivity contribution is 7.92. The summed E-state index contributed by atoms with van der Waals surface area (Å²) in [5, 5.41) is 2.60. The average Bonchev–Trinajstić information content (AvgIpc) is 2.68. The van der Waals surface area contributed by atoms with Crippen molar-refractivity contribution in [2.24, 2.45) is 0 Å². The largest absolute Gasteiger partial charge is 0.345 e. The Balaban J connectivity index is 1.69. The molecule has 5 nitrogen and oxygen atoms in total. The summed E-state index contributed by atoms with van der Waals surface area (Å²) in [6.07, 6.45) is 0. The van der Waals surface area contributed by atoms with Gasteiger partial charge in [-0.2, -0.15) is 0 Å². The highest BCUT2D eigenvalue weighted by Gasteiger charge is 2.17. The lowest BCUT2D eigenvalue weighted by Crippen LogP contribution is -2.27. The third kappa shape index (κ3) is 4.98. The van der Waals surface area contributed by atoms with E-state index in [4.69, 9.17) is 0 Å². The maximum Gasteiger partial charge on any atom is 0.261 e. The van der Waals surface area contributed by atoms with E-state index in [-0.39, 0.29) is 21.7 Å². The van der Waals surface area contributed by atoms with E-state index in [2.05, 4.69) is 10.0 Å². The van der Waals surface area contributed by atoms with Crippen molar-refractivity contribution < 1.29 is 26.4 Å². The van der Waals surface area contributed by atoms with Gasteiger partial charge in [0.1, 0.15) is 17.5 Å². The number of benzene rings is 3. The van der Waals surface area contributed by atoms with Crippen LogP contribution in [0, 0.1) is 17.5 Å². The molecule has 156 valence electrons. The van der Waals surface area contributed by atoms with Crippen molar-refractivity contribution in [1.29, 1.82) is 0 Å². The molecule has 1 atom stereocenters. The summed E-state index contributed by atoms with van der Waals surface area (Å²) in [7, 11) is -3.92. The summed E-state index contributed by atoms with van der Waals surface area (Å²) >= 11 is 0. The molecular weight excluding hydrogens is 417 g/mol. The first kappa shape index (κ1) is 21.4. The maximum atomic E-state index is 13.8. The first-order valence-corrected chi connectivity index (χ1v) is 10.3. The van der Waals surface area contributed by atoms with Gasteiger partial charge in [-0.25, -0.2) is 21.6 Å². The van der Waals surface area contributed by atoms with Crippen molar-refractivity contribution in [3.63, 3.8) is 0 Å². The molecule has 3 aromatic carbocycles. The Hall–Kier alpha value is -3.33. The molecule has 0 fully saturated rings. The standard InChI is InChI=1S/C21H17F3N2O3S/c1-13(19-11-6-16(23)12-20(19)24)25-21(27)14-2-7-17(8-3-14)26-30(28,29)18-9-4-15(22)5-10-18/h2-13,26H,1H3,(H,25,27)/t13-/m0/s1. The lowest BCUT2D eigenvalue weighted by atomic mass is 10.1. The SMILES string of the molecule is C[C@H](NC(=O)c1ccc(NS(=O)(=O)c2ccc(F)cc2)cc1)c1ccc(F)cc1F. The van der Waals surface area contributed by atoms with E-state index in [1.807, 2.05) is 0 Å². The van der Waals surface area contributed by atoms with Gasteiger partial charge in [-0.05, 0) is 61.5 Å². The van der Waals surface area contributed by atoms with Crippen LogP contribution in [0.5, 0.6) is 0 Å². The van der Waals surface area contributed by atoms with E-state index in [0.717, 1.165) is 36.4 Å². The molecule has 0 heterocycles. The number of hydrogen-bond acceptors (Lipinski definition) is 3. The topological polar surface area (TPSA) is 75.3 Å². The molecule has 0 aromatic heterocycles. The number of anilines is 1. The first-order valence-electron chi connectivity index (χ1n) is 8.80. The Morgan fingerprint density at radius 3 is 2.07 bits per heavy atom. The van der Waals surface area contributed by atoms with E-state index in [1.165, 1.54) is 30.3 Å². The van der Waals surface area contributed by atoms with Gasteiger partial charge in [0.05, 0.1) is 10.9 Å². The molecule has 0 aliphatic heterocycles. The predicted octanol–water partition coefficient (Wildman–Crippen LogP) is 4.40. The predicted molar refractivity (Wildman–Crippen MR) is 106 cm³/mol. The monoisotopic (exact) mass is 434 g/mol. The Morgan fingerprint density at radius 1 is 0.867 bits per heavy atom. The molecule has 1 amide bonds. The van der Waals surface area contributed by atoms with Gasteiger partial charge >= 0.3 is 0 Å². The number of carbonyl (C=O) groups is 1. The fourth-order valence-corrected chi connectivity index (χ4v) is 3.79. The van der Waals surface area contributed by atoms with Crippen molar-refractivity contribution in [2.45, 2.75) is 17.9 Å². The Labute approximate surface area is 171 Å². The summed E-state index contributed by atoms with van der Waals surface area (Å²) in [5.41, 5.74) is 0.552. The van der Waals surface area contributed by atoms with Crippen LogP contribution in [0.3, 0.4) is 0 Å². The van der Waals surface area contributed by atoms with Crippen molar-refractivity contribution in [1.82, 2.24) is 5.32 Å².